The number of hydrogen-bond donors (Lipinski definition) is 2. The van der Waals surface area contributed by atoms with Crippen molar-refractivity contribution in [1.29, 1.82) is 0 Å². The molecule has 1 unspecified atom stereocenters. The molecule has 1 fully saturated rings. The summed E-state index contributed by atoms with van der Waals surface area (Å²) in [5.41, 5.74) is 10.5. The van der Waals surface area contributed by atoms with Gasteiger partial charge in [-0.1, -0.05) is 35.3 Å². The van der Waals surface area contributed by atoms with Crippen LogP contribution in [0, 0.1) is 0 Å². The number of pyridine rings is 2. The Morgan fingerprint density at radius 2 is 1.97 bits per heavy atom. The maximum absolute atomic E-state index is 6.52. The Kier molecular flexibility index (Phi) is 5.41. The van der Waals surface area contributed by atoms with Gasteiger partial charge in [0.05, 0.1) is 33.4 Å². The summed E-state index contributed by atoms with van der Waals surface area (Å²) in [4.78, 5) is 17.8. The first-order chi connectivity index (χ1) is 15.1. The molecule has 1 aliphatic heterocycles. The first kappa shape index (κ1) is 20.1. The van der Waals surface area contributed by atoms with Crippen molar-refractivity contribution < 1.29 is 4.74 Å². The molecule has 0 bridgehead atoms. The molecule has 156 valence electrons. The van der Waals surface area contributed by atoms with Gasteiger partial charge in [-0.2, -0.15) is 0 Å². The van der Waals surface area contributed by atoms with Gasteiger partial charge in [-0.25, -0.2) is 15.0 Å². The number of anilines is 1. The Morgan fingerprint density at radius 1 is 1.06 bits per heavy atom. The third kappa shape index (κ3) is 3.81. The molecule has 4 aromatic rings. The number of nitrogens with one attached hydrogen (secondary N) is 1. The lowest BCUT2D eigenvalue weighted by Crippen LogP contribution is -2.33. The smallest absolute Gasteiger partial charge is 0.165 e. The number of nitrogens with two attached hydrogens (primary N) is 1. The van der Waals surface area contributed by atoms with Gasteiger partial charge < -0.3 is 15.8 Å². The van der Waals surface area contributed by atoms with Crippen molar-refractivity contribution in [2.24, 2.45) is 0 Å². The first-order valence-corrected chi connectivity index (χ1v) is 10.5. The third-order valence-electron chi connectivity index (χ3n) is 5.21. The summed E-state index contributed by atoms with van der Waals surface area (Å²) in [7, 11) is 0. The molecule has 31 heavy (non-hydrogen) atoms. The molecule has 1 aliphatic rings. The predicted octanol–water partition coefficient (Wildman–Crippen LogP) is 4.30. The molecule has 5 rings (SSSR count). The fraction of sp³-hybridized carbons (Fsp3) is 0.182. The van der Waals surface area contributed by atoms with E-state index in [0.717, 1.165) is 35.5 Å². The number of halogens is 2. The van der Waals surface area contributed by atoms with E-state index in [4.69, 9.17) is 38.7 Å². The molecule has 0 amide bonds. The van der Waals surface area contributed by atoms with Crippen LogP contribution < -0.4 is 11.1 Å². The Balaban J connectivity index is 1.64. The molecule has 3 aromatic heterocycles. The zero-order valence-electron chi connectivity index (χ0n) is 16.3. The number of hydrogen-bond acceptors (Lipinski definition) is 7. The van der Waals surface area contributed by atoms with Gasteiger partial charge >= 0.3 is 0 Å². The fourth-order valence-electron chi connectivity index (χ4n) is 3.66. The lowest BCUT2D eigenvalue weighted by Gasteiger charge is -2.23. The normalized spacial score (nSPS) is 16.5. The number of ether oxygens (including phenoxy) is 1. The maximum atomic E-state index is 6.52. The summed E-state index contributed by atoms with van der Waals surface area (Å²) in [5.74, 6) is 0.325. The van der Waals surface area contributed by atoms with Crippen LogP contribution in [0.3, 0.4) is 0 Å². The molecule has 0 spiro atoms. The number of aromatic nitrogens is 4. The zero-order chi connectivity index (χ0) is 21.4. The van der Waals surface area contributed by atoms with Crippen LogP contribution in [-0.2, 0) is 4.74 Å². The summed E-state index contributed by atoms with van der Waals surface area (Å²) >= 11 is 12.8. The van der Waals surface area contributed by atoms with Crippen LogP contribution in [0.4, 0.5) is 5.82 Å². The number of fused-ring (bicyclic) bond motifs is 1. The molecule has 0 radical (unpaired) electrons. The number of benzene rings is 1. The summed E-state index contributed by atoms with van der Waals surface area (Å²) in [6.07, 6.45) is 3.13. The standard InChI is InChI=1S/C22H18Cl2N6O/c23-15-3-1-2-13(20(15)24)14-8-17(30-22-19(14)21(25)28-11-29-22)12-4-5-16(27-9-12)18-10-26-6-7-31-18/h1-5,8-9,11,18,26H,6-7,10H2,(H2,25,28,29,30). The Morgan fingerprint density at radius 3 is 2.74 bits per heavy atom. The van der Waals surface area contributed by atoms with Crippen LogP contribution in [0.2, 0.25) is 10.0 Å². The highest BCUT2D eigenvalue weighted by molar-refractivity contribution is 6.44. The highest BCUT2D eigenvalue weighted by Crippen LogP contribution is 2.39. The van der Waals surface area contributed by atoms with E-state index < -0.39 is 0 Å². The molecular formula is C22H18Cl2N6O. The van der Waals surface area contributed by atoms with Crippen molar-refractivity contribution in [3.63, 3.8) is 0 Å². The third-order valence-corrected chi connectivity index (χ3v) is 6.03. The van der Waals surface area contributed by atoms with E-state index in [9.17, 15) is 0 Å². The van der Waals surface area contributed by atoms with Crippen LogP contribution >= 0.6 is 23.2 Å². The topological polar surface area (TPSA) is 98.8 Å². The van der Waals surface area contributed by atoms with Gasteiger partial charge in [0.2, 0.25) is 0 Å². The minimum atomic E-state index is -0.0549. The molecule has 4 heterocycles. The first-order valence-electron chi connectivity index (χ1n) is 9.76. The van der Waals surface area contributed by atoms with Crippen molar-refractivity contribution in [2.75, 3.05) is 25.4 Å². The van der Waals surface area contributed by atoms with Crippen molar-refractivity contribution in [3.8, 4) is 22.4 Å². The molecule has 0 aliphatic carbocycles. The zero-order valence-corrected chi connectivity index (χ0v) is 17.9. The van der Waals surface area contributed by atoms with Crippen LogP contribution in [0.15, 0.2) is 48.9 Å². The van der Waals surface area contributed by atoms with Gasteiger partial charge in [-0.05, 0) is 24.3 Å². The minimum absolute atomic E-state index is 0.0549. The van der Waals surface area contributed by atoms with Crippen molar-refractivity contribution >= 4 is 40.1 Å². The molecule has 3 N–H and O–H groups in total. The Hall–Kier alpha value is -2.84. The fourth-order valence-corrected chi connectivity index (χ4v) is 4.06. The van der Waals surface area contributed by atoms with Crippen LogP contribution in [0.1, 0.15) is 11.8 Å². The van der Waals surface area contributed by atoms with Gasteiger partial charge in [0.1, 0.15) is 18.2 Å². The minimum Gasteiger partial charge on any atom is -0.383 e. The molecule has 7 nitrogen and oxygen atoms in total. The lowest BCUT2D eigenvalue weighted by molar-refractivity contribution is 0.0250. The summed E-state index contributed by atoms with van der Waals surface area (Å²) in [6.45, 7) is 2.27. The van der Waals surface area contributed by atoms with E-state index >= 15 is 0 Å². The highest BCUT2D eigenvalue weighted by Gasteiger charge is 2.19. The van der Waals surface area contributed by atoms with Gasteiger partial charge in [-0.3, -0.25) is 4.98 Å². The largest absolute Gasteiger partial charge is 0.383 e. The second kappa shape index (κ2) is 8.36. The van der Waals surface area contributed by atoms with Crippen molar-refractivity contribution in [1.82, 2.24) is 25.3 Å². The number of nitrogens with zero attached hydrogens (tertiary/aromatic N) is 4. The molecule has 1 aromatic carbocycles. The van der Waals surface area contributed by atoms with E-state index in [-0.39, 0.29) is 6.10 Å². The Labute approximate surface area is 188 Å². The van der Waals surface area contributed by atoms with Gasteiger partial charge in [0, 0.05) is 36.0 Å². The van der Waals surface area contributed by atoms with E-state index in [2.05, 4.69) is 20.3 Å². The average molecular weight is 453 g/mol. The molecule has 0 saturated carbocycles. The van der Waals surface area contributed by atoms with E-state index in [1.807, 2.05) is 30.3 Å². The molecule has 1 saturated heterocycles. The summed E-state index contributed by atoms with van der Waals surface area (Å²) in [6, 6.07) is 11.3. The van der Waals surface area contributed by atoms with E-state index in [0.29, 0.717) is 39.2 Å². The maximum Gasteiger partial charge on any atom is 0.165 e. The quantitative estimate of drug-likeness (QED) is 0.477. The second-order valence-corrected chi connectivity index (χ2v) is 7.93. The van der Waals surface area contributed by atoms with Crippen LogP contribution in [-0.4, -0.2) is 39.6 Å². The predicted molar refractivity (Wildman–Crippen MR) is 122 cm³/mol. The number of rotatable bonds is 3. The molecular weight excluding hydrogens is 435 g/mol. The van der Waals surface area contributed by atoms with Gasteiger partial charge in [-0.15, -0.1) is 0 Å². The Bertz CT molecular complexity index is 1260. The van der Waals surface area contributed by atoms with Gasteiger partial charge in [0.15, 0.2) is 5.65 Å². The average Bonchev–Trinajstić information content (AvgIpc) is 2.81. The molecule has 9 heteroatoms. The van der Waals surface area contributed by atoms with Crippen molar-refractivity contribution in [2.45, 2.75) is 6.10 Å². The SMILES string of the molecule is Nc1ncnc2nc(-c3ccc(C4CNCCO4)nc3)cc(-c3cccc(Cl)c3Cl)c12. The molecule has 1 atom stereocenters. The van der Waals surface area contributed by atoms with E-state index in [1.54, 1.807) is 12.3 Å². The highest BCUT2D eigenvalue weighted by atomic mass is 35.5. The van der Waals surface area contributed by atoms with Crippen molar-refractivity contribution in [3.05, 3.63) is 64.7 Å². The van der Waals surface area contributed by atoms with Gasteiger partial charge in [0.25, 0.3) is 0 Å². The lowest BCUT2D eigenvalue weighted by atomic mass is 10.00. The number of morpholine rings is 1. The monoisotopic (exact) mass is 452 g/mol. The van der Waals surface area contributed by atoms with E-state index in [1.165, 1.54) is 6.33 Å². The number of nitrogen functional groups attached to an aromatic ring is 1. The summed E-state index contributed by atoms with van der Waals surface area (Å²) in [5, 5.41) is 4.82. The van der Waals surface area contributed by atoms with Crippen LogP contribution in [0.5, 0.6) is 0 Å². The van der Waals surface area contributed by atoms with Crippen LogP contribution in [0.25, 0.3) is 33.4 Å². The second-order valence-electron chi connectivity index (χ2n) is 7.15. The summed E-state index contributed by atoms with van der Waals surface area (Å²) < 4.78 is 5.78.